The lowest BCUT2D eigenvalue weighted by atomic mass is 10.2. The molecule has 104 valence electrons. The maximum Gasteiger partial charge on any atom is 0.311 e. The van der Waals surface area contributed by atoms with Gasteiger partial charge in [-0.15, -0.1) is 0 Å². The fraction of sp³-hybridized carbons (Fsp3) is 0.0769. The summed E-state index contributed by atoms with van der Waals surface area (Å²) in [5.41, 5.74) is 0.391. The van der Waals surface area contributed by atoms with Crippen LogP contribution >= 0.6 is 34.8 Å². The van der Waals surface area contributed by atoms with Gasteiger partial charge in [-0.25, -0.2) is 0 Å². The van der Waals surface area contributed by atoms with E-state index in [1.54, 1.807) is 18.2 Å². The monoisotopic (exact) mass is 331 g/mol. The SMILES string of the molecule is O=[N+]([O-])c1ccc(Cl)cc1OCc1c(Cl)cccc1Cl. The van der Waals surface area contributed by atoms with Gasteiger partial charge < -0.3 is 4.74 Å². The van der Waals surface area contributed by atoms with Crippen molar-refractivity contribution in [2.24, 2.45) is 0 Å². The molecule has 20 heavy (non-hydrogen) atoms. The molecule has 0 saturated heterocycles. The molecular weight excluding hydrogens is 325 g/mol. The van der Waals surface area contributed by atoms with Crippen LogP contribution in [-0.4, -0.2) is 4.92 Å². The standard InChI is InChI=1S/C13H8Cl3NO3/c14-8-4-5-12(17(18)19)13(6-8)20-7-9-10(15)2-1-3-11(9)16/h1-6H,7H2. The third kappa shape index (κ3) is 3.33. The van der Waals surface area contributed by atoms with E-state index in [2.05, 4.69) is 0 Å². The molecule has 4 nitrogen and oxygen atoms in total. The summed E-state index contributed by atoms with van der Waals surface area (Å²) in [6, 6.07) is 9.12. The molecule has 0 aromatic heterocycles. The second-order valence-corrected chi connectivity index (χ2v) is 5.11. The Morgan fingerprint density at radius 1 is 1.10 bits per heavy atom. The number of rotatable bonds is 4. The van der Waals surface area contributed by atoms with Crippen molar-refractivity contribution >= 4 is 40.5 Å². The predicted molar refractivity (Wildman–Crippen MR) is 78.9 cm³/mol. The molecule has 0 aliphatic carbocycles. The highest BCUT2D eigenvalue weighted by Gasteiger charge is 2.16. The molecule has 0 radical (unpaired) electrons. The quantitative estimate of drug-likeness (QED) is 0.576. The Morgan fingerprint density at radius 3 is 2.35 bits per heavy atom. The van der Waals surface area contributed by atoms with Crippen molar-refractivity contribution in [2.45, 2.75) is 6.61 Å². The third-order valence-corrected chi connectivity index (χ3v) is 3.50. The molecule has 0 aliphatic rings. The molecule has 0 N–H and O–H groups in total. The van der Waals surface area contributed by atoms with Gasteiger partial charge in [0, 0.05) is 32.8 Å². The minimum Gasteiger partial charge on any atom is -0.482 e. The van der Waals surface area contributed by atoms with Crippen molar-refractivity contribution < 1.29 is 9.66 Å². The molecule has 0 bridgehead atoms. The highest BCUT2D eigenvalue weighted by Crippen LogP contribution is 2.32. The molecule has 0 aliphatic heterocycles. The van der Waals surface area contributed by atoms with Crippen molar-refractivity contribution in [1.29, 1.82) is 0 Å². The lowest BCUT2D eigenvalue weighted by Crippen LogP contribution is -2.00. The summed E-state index contributed by atoms with van der Waals surface area (Å²) in [5, 5.41) is 12.1. The minimum atomic E-state index is -0.542. The normalized spacial score (nSPS) is 10.3. The fourth-order valence-corrected chi connectivity index (χ4v) is 2.24. The molecule has 0 heterocycles. The van der Waals surface area contributed by atoms with Crippen LogP contribution < -0.4 is 4.74 Å². The van der Waals surface area contributed by atoms with E-state index < -0.39 is 4.92 Å². The Labute approximate surface area is 130 Å². The average Bonchev–Trinajstić information content (AvgIpc) is 2.37. The van der Waals surface area contributed by atoms with Crippen LogP contribution in [0.5, 0.6) is 5.75 Å². The number of halogens is 3. The second kappa shape index (κ2) is 6.31. The third-order valence-electron chi connectivity index (χ3n) is 2.55. The van der Waals surface area contributed by atoms with Crippen LogP contribution in [-0.2, 0) is 6.61 Å². The Bertz CT molecular complexity index is 641. The molecule has 7 heteroatoms. The predicted octanol–water partition coefficient (Wildman–Crippen LogP) is 5.13. The molecule has 2 aromatic rings. The van der Waals surface area contributed by atoms with Gasteiger partial charge in [-0.3, -0.25) is 10.1 Å². The molecule has 0 spiro atoms. The minimum absolute atomic E-state index is 0.0136. The summed E-state index contributed by atoms with van der Waals surface area (Å²) in [5.74, 6) is 0.0680. The van der Waals surface area contributed by atoms with Gasteiger partial charge in [0.05, 0.1) is 4.92 Å². The number of hydrogen-bond donors (Lipinski definition) is 0. The fourth-order valence-electron chi connectivity index (χ4n) is 1.57. The molecule has 0 saturated carbocycles. The van der Waals surface area contributed by atoms with Gasteiger partial charge in [-0.1, -0.05) is 40.9 Å². The van der Waals surface area contributed by atoms with Gasteiger partial charge in [0.2, 0.25) is 0 Å². The van der Waals surface area contributed by atoms with Gasteiger partial charge >= 0.3 is 5.69 Å². The van der Waals surface area contributed by atoms with E-state index in [1.807, 2.05) is 0 Å². The summed E-state index contributed by atoms with van der Waals surface area (Å²) in [4.78, 5) is 10.4. The second-order valence-electron chi connectivity index (χ2n) is 3.86. The first-order valence-electron chi connectivity index (χ1n) is 5.48. The van der Waals surface area contributed by atoms with Crippen LogP contribution in [0.1, 0.15) is 5.56 Å². The van der Waals surface area contributed by atoms with E-state index in [0.717, 1.165) is 0 Å². The summed E-state index contributed by atoms with van der Waals surface area (Å²) in [6.45, 7) is 0.0136. The highest BCUT2D eigenvalue weighted by atomic mass is 35.5. The largest absolute Gasteiger partial charge is 0.482 e. The van der Waals surface area contributed by atoms with Gasteiger partial charge in [-0.2, -0.15) is 0 Å². The van der Waals surface area contributed by atoms with E-state index in [1.165, 1.54) is 18.2 Å². The van der Waals surface area contributed by atoms with Crippen molar-refractivity contribution in [3.05, 3.63) is 67.1 Å². The number of nitrogens with zero attached hydrogens (tertiary/aromatic N) is 1. The number of nitro groups is 1. The van der Waals surface area contributed by atoms with Crippen LogP contribution in [0, 0.1) is 10.1 Å². The molecule has 0 amide bonds. The van der Waals surface area contributed by atoms with Crippen molar-refractivity contribution in [1.82, 2.24) is 0 Å². The van der Waals surface area contributed by atoms with Gasteiger partial charge in [0.1, 0.15) is 6.61 Å². The average molecular weight is 333 g/mol. The number of nitro benzene ring substituents is 1. The van der Waals surface area contributed by atoms with Gasteiger partial charge in [0.15, 0.2) is 5.75 Å². The van der Waals surface area contributed by atoms with E-state index in [4.69, 9.17) is 39.5 Å². The number of hydrogen-bond acceptors (Lipinski definition) is 3. The first kappa shape index (κ1) is 14.9. The summed E-state index contributed by atoms with van der Waals surface area (Å²) in [6.07, 6.45) is 0. The molecular formula is C13H8Cl3NO3. The highest BCUT2D eigenvalue weighted by molar-refractivity contribution is 6.36. The van der Waals surface area contributed by atoms with Crippen LogP contribution in [0.2, 0.25) is 15.1 Å². The Hall–Kier alpha value is -1.49. The zero-order chi connectivity index (χ0) is 14.7. The Kier molecular flexibility index (Phi) is 4.70. The first-order valence-corrected chi connectivity index (χ1v) is 6.62. The van der Waals surface area contributed by atoms with E-state index >= 15 is 0 Å². The maximum atomic E-state index is 10.9. The summed E-state index contributed by atoms with van der Waals surface area (Å²) >= 11 is 17.8. The lowest BCUT2D eigenvalue weighted by Gasteiger charge is -2.10. The lowest BCUT2D eigenvalue weighted by molar-refractivity contribution is -0.385. The molecule has 0 unspecified atom stereocenters. The molecule has 2 rings (SSSR count). The number of benzene rings is 2. The zero-order valence-electron chi connectivity index (χ0n) is 9.98. The van der Waals surface area contributed by atoms with Crippen LogP contribution in [0.4, 0.5) is 5.69 Å². The summed E-state index contributed by atoms with van der Waals surface area (Å²) in [7, 11) is 0. The topological polar surface area (TPSA) is 52.4 Å². The summed E-state index contributed by atoms with van der Waals surface area (Å²) < 4.78 is 5.43. The van der Waals surface area contributed by atoms with E-state index in [0.29, 0.717) is 20.6 Å². The van der Waals surface area contributed by atoms with Crippen molar-refractivity contribution in [2.75, 3.05) is 0 Å². The first-order chi connectivity index (χ1) is 9.49. The Morgan fingerprint density at radius 2 is 1.75 bits per heavy atom. The molecule has 0 atom stereocenters. The Balaban J connectivity index is 2.27. The smallest absolute Gasteiger partial charge is 0.311 e. The van der Waals surface area contributed by atoms with Crippen LogP contribution in [0.15, 0.2) is 36.4 Å². The van der Waals surface area contributed by atoms with E-state index in [-0.39, 0.29) is 18.0 Å². The van der Waals surface area contributed by atoms with Crippen molar-refractivity contribution in [3.63, 3.8) is 0 Å². The van der Waals surface area contributed by atoms with Crippen LogP contribution in [0.25, 0.3) is 0 Å². The zero-order valence-corrected chi connectivity index (χ0v) is 12.2. The molecule has 0 fully saturated rings. The maximum absolute atomic E-state index is 10.9. The van der Waals surface area contributed by atoms with Crippen molar-refractivity contribution in [3.8, 4) is 5.75 Å². The van der Waals surface area contributed by atoms with Gasteiger partial charge in [0.25, 0.3) is 0 Å². The van der Waals surface area contributed by atoms with Crippen LogP contribution in [0.3, 0.4) is 0 Å². The van der Waals surface area contributed by atoms with E-state index in [9.17, 15) is 10.1 Å². The van der Waals surface area contributed by atoms with Gasteiger partial charge in [-0.05, 0) is 18.2 Å². The molecule has 2 aromatic carbocycles. The number of ether oxygens (including phenoxy) is 1.